The molecule has 0 spiro atoms. The van der Waals surface area contributed by atoms with Crippen LogP contribution in [0.2, 0.25) is 10.0 Å². The number of nitrogens with one attached hydrogen (secondary N) is 1. The van der Waals surface area contributed by atoms with Crippen molar-refractivity contribution in [3.05, 3.63) is 63.6 Å². The van der Waals surface area contributed by atoms with Gasteiger partial charge >= 0.3 is 0 Å². The molecule has 0 aliphatic rings. The van der Waals surface area contributed by atoms with Gasteiger partial charge in [-0.25, -0.2) is 9.37 Å². The van der Waals surface area contributed by atoms with Crippen LogP contribution in [0.15, 0.2) is 36.4 Å². The van der Waals surface area contributed by atoms with Gasteiger partial charge in [0.1, 0.15) is 17.7 Å². The first-order chi connectivity index (χ1) is 13.5. The standard InChI is InChI=1S/C21H22Cl2FN3O/c1-3-9-25-21(28)18(4-2)27-19-12-15(23)14(22)11-17(19)26-20(27)10-13-7-5-6-8-16(13)24/h5-8,11-12,18H,3-4,9-10H2,1-2H3,(H,25,28)/t18-/m1/s1. The Morgan fingerprint density at radius 1 is 1.21 bits per heavy atom. The van der Waals surface area contributed by atoms with Crippen LogP contribution in [-0.4, -0.2) is 22.0 Å². The molecule has 148 valence electrons. The summed E-state index contributed by atoms with van der Waals surface area (Å²) in [7, 11) is 0. The largest absolute Gasteiger partial charge is 0.354 e. The van der Waals surface area contributed by atoms with Gasteiger partial charge in [-0.05, 0) is 36.6 Å². The van der Waals surface area contributed by atoms with Crippen LogP contribution in [0.5, 0.6) is 0 Å². The summed E-state index contributed by atoms with van der Waals surface area (Å²) in [6.07, 6.45) is 1.66. The van der Waals surface area contributed by atoms with E-state index < -0.39 is 6.04 Å². The van der Waals surface area contributed by atoms with E-state index in [0.717, 1.165) is 6.42 Å². The molecule has 2 aromatic carbocycles. The van der Waals surface area contributed by atoms with Gasteiger partial charge in [0.05, 0.1) is 21.1 Å². The maximum absolute atomic E-state index is 14.2. The van der Waals surface area contributed by atoms with E-state index in [9.17, 15) is 9.18 Å². The number of carbonyl (C=O) groups excluding carboxylic acids is 1. The number of rotatable bonds is 7. The number of benzene rings is 2. The van der Waals surface area contributed by atoms with Crippen LogP contribution in [-0.2, 0) is 11.2 Å². The minimum absolute atomic E-state index is 0.0930. The highest BCUT2D eigenvalue weighted by molar-refractivity contribution is 6.42. The van der Waals surface area contributed by atoms with Gasteiger partial charge in [-0.1, -0.05) is 55.2 Å². The van der Waals surface area contributed by atoms with E-state index in [4.69, 9.17) is 23.2 Å². The maximum Gasteiger partial charge on any atom is 0.243 e. The molecule has 0 fully saturated rings. The third-order valence-electron chi connectivity index (χ3n) is 4.66. The fourth-order valence-corrected chi connectivity index (χ4v) is 3.59. The molecule has 0 aliphatic carbocycles. The fourth-order valence-electron chi connectivity index (χ4n) is 3.28. The van der Waals surface area contributed by atoms with Crippen LogP contribution >= 0.6 is 23.2 Å². The highest BCUT2D eigenvalue weighted by Gasteiger charge is 2.25. The summed E-state index contributed by atoms with van der Waals surface area (Å²) < 4.78 is 16.1. The van der Waals surface area contributed by atoms with E-state index in [1.807, 2.05) is 18.4 Å². The number of halogens is 3. The summed E-state index contributed by atoms with van der Waals surface area (Å²) in [6.45, 7) is 4.53. The van der Waals surface area contributed by atoms with Crippen molar-refractivity contribution >= 4 is 40.1 Å². The van der Waals surface area contributed by atoms with Gasteiger partial charge < -0.3 is 9.88 Å². The van der Waals surface area contributed by atoms with Crippen molar-refractivity contribution in [3.8, 4) is 0 Å². The van der Waals surface area contributed by atoms with Crippen molar-refractivity contribution in [2.75, 3.05) is 6.54 Å². The predicted octanol–water partition coefficient (Wildman–Crippen LogP) is 5.55. The van der Waals surface area contributed by atoms with Crippen molar-refractivity contribution in [1.29, 1.82) is 0 Å². The lowest BCUT2D eigenvalue weighted by molar-refractivity contribution is -0.124. The number of aromatic nitrogens is 2. The normalized spacial score (nSPS) is 12.3. The lowest BCUT2D eigenvalue weighted by Crippen LogP contribution is -2.33. The number of hydrogen-bond acceptors (Lipinski definition) is 2. The number of nitrogens with zero attached hydrogens (tertiary/aromatic N) is 2. The number of amides is 1. The van der Waals surface area contributed by atoms with Crippen LogP contribution in [0, 0.1) is 5.82 Å². The molecule has 3 aromatic rings. The molecule has 4 nitrogen and oxygen atoms in total. The minimum atomic E-state index is -0.476. The molecule has 1 atom stereocenters. The van der Waals surface area contributed by atoms with Crippen molar-refractivity contribution in [2.45, 2.75) is 39.2 Å². The Morgan fingerprint density at radius 3 is 2.61 bits per heavy atom. The monoisotopic (exact) mass is 421 g/mol. The van der Waals surface area contributed by atoms with E-state index in [1.165, 1.54) is 6.07 Å². The maximum atomic E-state index is 14.2. The Hall–Kier alpha value is -2.11. The molecule has 0 saturated carbocycles. The Labute approximate surface area is 173 Å². The average Bonchev–Trinajstić information content (AvgIpc) is 3.00. The first kappa shape index (κ1) is 20.6. The molecule has 7 heteroatoms. The van der Waals surface area contributed by atoms with Gasteiger partial charge in [0.2, 0.25) is 5.91 Å². The second-order valence-corrected chi connectivity index (χ2v) is 7.45. The van der Waals surface area contributed by atoms with E-state index in [2.05, 4.69) is 10.3 Å². The van der Waals surface area contributed by atoms with E-state index in [-0.39, 0.29) is 18.1 Å². The number of imidazole rings is 1. The van der Waals surface area contributed by atoms with Gasteiger partial charge in [-0.15, -0.1) is 0 Å². The molecule has 1 heterocycles. The van der Waals surface area contributed by atoms with E-state index >= 15 is 0 Å². The Morgan fingerprint density at radius 2 is 1.93 bits per heavy atom. The van der Waals surface area contributed by atoms with E-state index in [0.29, 0.717) is 45.4 Å². The van der Waals surface area contributed by atoms with Crippen LogP contribution in [0.25, 0.3) is 11.0 Å². The molecule has 1 amide bonds. The molecule has 0 bridgehead atoms. The van der Waals surface area contributed by atoms with Crippen molar-refractivity contribution in [2.24, 2.45) is 0 Å². The van der Waals surface area contributed by atoms with Gasteiger partial charge in [-0.3, -0.25) is 4.79 Å². The van der Waals surface area contributed by atoms with Crippen molar-refractivity contribution in [1.82, 2.24) is 14.9 Å². The number of hydrogen-bond donors (Lipinski definition) is 1. The van der Waals surface area contributed by atoms with Crippen molar-refractivity contribution < 1.29 is 9.18 Å². The average molecular weight is 422 g/mol. The number of fused-ring (bicyclic) bond motifs is 1. The highest BCUT2D eigenvalue weighted by atomic mass is 35.5. The third kappa shape index (κ3) is 4.15. The molecule has 0 unspecified atom stereocenters. The Bertz CT molecular complexity index is 1000. The molecular weight excluding hydrogens is 400 g/mol. The lowest BCUT2D eigenvalue weighted by atomic mass is 10.1. The second-order valence-electron chi connectivity index (χ2n) is 6.64. The molecule has 1 aromatic heterocycles. The van der Waals surface area contributed by atoms with Crippen LogP contribution in [0.3, 0.4) is 0 Å². The SMILES string of the molecule is CCCNC(=O)[C@@H](CC)n1c(Cc2ccccc2F)nc2cc(Cl)c(Cl)cc21. The summed E-state index contributed by atoms with van der Waals surface area (Å²) in [5.74, 6) is 0.196. The summed E-state index contributed by atoms with van der Waals surface area (Å²) in [5, 5.41) is 3.72. The fraction of sp³-hybridized carbons (Fsp3) is 0.333. The molecule has 0 saturated heterocycles. The Balaban J connectivity index is 2.15. The highest BCUT2D eigenvalue weighted by Crippen LogP contribution is 2.32. The molecular formula is C21H22Cl2FN3O. The van der Waals surface area contributed by atoms with Gasteiger partial charge in [0, 0.05) is 13.0 Å². The van der Waals surface area contributed by atoms with Gasteiger partial charge in [0.15, 0.2) is 0 Å². The topological polar surface area (TPSA) is 46.9 Å². The first-order valence-corrected chi connectivity index (χ1v) is 10.1. The quantitative estimate of drug-likeness (QED) is 0.543. The second kappa shape index (κ2) is 8.93. The summed E-state index contributed by atoms with van der Waals surface area (Å²) in [6, 6.07) is 9.48. The smallest absolute Gasteiger partial charge is 0.243 e. The predicted molar refractivity (Wildman–Crippen MR) is 112 cm³/mol. The molecule has 0 radical (unpaired) electrons. The first-order valence-electron chi connectivity index (χ1n) is 9.33. The molecule has 0 aliphatic heterocycles. The Kier molecular flexibility index (Phi) is 6.57. The van der Waals surface area contributed by atoms with Crippen LogP contribution in [0.1, 0.15) is 44.1 Å². The lowest BCUT2D eigenvalue weighted by Gasteiger charge is -2.20. The van der Waals surface area contributed by atoms with Crippen LogP contribution < -0.4 is 5.32 Å². The molecule has 1 N–H and O–H groups in total. The van der Waals surface area contributed by atoms with Gasteiger partial charge in [0.25, 0.3) is 0 Å². The summed E-state index contributed by atoms with van der Waals surface area (Å²) in [4.78, 5) is 17.5. The van der Waals surface area contributed by atoms with Crippen LogP contribution in [0.4, 0.5) is 4.39 Å². The number of carbonyl (C=O) groups is 1. The molecule has 28 heavy (non-hydrogen) atoms. The van der Waals surface area contributed by atoms with Gasteiger partial charge in [-0.2, -0.15) is 0 Å². The van der Waals surface area contributed by atoms with E-state index in [1.54, 1.807) is 30.3 Å². The zero-order chi connectivity index (χ0) is 20.3. The zero-order valence-corrected chi connectivity index (χ0v) is 17.3. The zero-order valence-electron chi connectivity index (χ0n) is 15.8. The summed E-state index contributed by atoms with van der Waals surface area (Å²) in [5.41, 5.74) is 1.85. The molecule has 3 rings (SSSR count). The summed E-state index contributed by atoms with van der Waals surface area (Å²) >= 11 is 12.4. The third-order valence-corrected chi connectivity index (χ3v) is 5.38. The minimum Gasteiger partial charge on any atom is -0.354 e. The van der Waals surface area contributed by atoms with Crippen molar-refractivity contribution in [3.63, 3.8) is 0 Å².